The van der Waals surface area contributed by atoms with Crippen molar-refractivity contribution in [2.24, 2.45) is 11.7 Å². The molecule has 0 aromatic heterocycles. The van der Waals surface area contributed by atoms with Gasteiger partial charge in [0.2, 0.25) is 0 Å². The molecule has 0 heterocycles. The molecular formula is C13H24N4O5. The van der Waals surface area contributed by atoms with Gasteiger partial charge in [-0.25, -0.2) is 14.4 Å². The maximum atomic E-state index is 11.8. The van der Waals surface area contributed by atoms with Crippen molar-refractivity contribution in [2.75, 3.05) is 6.61 Å². The first-order chi connectivity index (χ1) is 10.1. The van der Waals surface area contributed by atoms with Crippen LogP contribution in [0.15, 0.2) is 0 Å². The number of nitrogens with two attached hydrogens (primary N) is 1. The van der Waals surface area contributed by atoms with Gasteiger partial charge in [-0.15, -0.1) is 0 Å². The lowest BCUT2D eigenvalue weighted by Gasteiger charge is -2.18. The summed E-state index contributed by atoms with van der Waals surface area (Å²) in [6, 6.07) is -2.60. The third kappa shape index (κ3) is 9.56. The van der Waals surface area contributed by atoms with E-state index in [0.717, 1.165) is 0 Å². The molecule has 126 valence electrons. The molecule has 0 unspecified atom stereocenters. The molecule has 0 aliphatic carbocycles. The Morgan fingerprint density at radius 2 is 1.64 bits per heavy atom. The van der Waals surface area contributed by atoms with Crippen LogP contribution >= 0.6 is 0 Å². The van der Waals surface area contributed by atoms with Gasteiger partial charge in [0.05, 0.1) is 0 Å². The number of carbonyl (C=O) groups is 4. The normalized spacial score (nSPS) is 11.7. The van der Waals surface area contributed by atoms with Crippen LogP contribution in [0.2, 0.25) is 0 Å². The highest BCUT2D eigenvalue weighted by Crippen LogP contribution is 2.06. The highest BCUT2D eigenvalue weighted by Gasteiger charge is 2.23. The van der Waals surface area contributed by atoms with Crippen LogP contribution in [-0.2, 0) is 14.3 Å². The number of urea groups is 2. The third-order valence-corrected chi connectivity index (χ3v) is 2.33. The zero-order valence-corrected chi connectivity index (χ0v) is 13.3. The SMILES string of the molecule is CC(C)C[C@H](NC(N)=O)C(=O)OCC(=O)NC(=O)NC(C)C. The number of nitrogens with one attached hydrogen (secondary N) is 3. The number of amides is 5. The van der Waals surface area contributed by atoms with Crippen molar-refractivity contribution < 1.29 is 23.9 Å². The maximum Gasteiger partial charge on any atom is 0.329 e. The van der Waals surface area contributed by atoms with E-state index in [0.29, 0.717) is 6.42 Å². The summed E-state index contributed by atoms with van der Waals surface area (Å²) in [6.07, 6.45) is 0.317. The Morgan fingerprint density at radius 1 is 1.05 bits per heavy atom. The second-order valence-corrected chi connectivity index (χ2v) is 5.47. The zero-order chi connectivity index (χ0) is 17.3. The molecule has 0 fully saturated rings. The fraction of sp³-hybridized carbons (Fsp3) is 0.692. The molecular weight excluding hydrogens is 292 g/mol. The number of ether oxygens (including phenoxy) is 1. The lowest BCUT2D eigenvalue weighted by molar-refractivity contribution is -0.150. The minimum atomic E-state index is -0.935. The molecule has 0 aromatic carbocycles. The molecule has 0 saturated heterocycles. The van der Waals surface area contributed by atoms with Crippen LogP contribution in [0.25, 0.3) is 0 Å². The average molecular weight is 316 g/mol. The first kappa shape index (κ1) is 19.7. The first-order valence-corrected chi connectivity index (χ1v) is 6.94. The van der Waals surface area contributed by atoms with Crippen LogP contribution in [0.5, 0.6) is 0 Å². The standard InChI is InChI=1S/C13H24N4O5/c1-7(2)5-9(16-12(14)20)11(19)22-6-10(18)17-13(21)15-8(3)4/h7-9H,5-6H2,1-4H3,(H3,14,16,20)(H2,15,17,18,21)/t9-/m0/s1. The van der Waals surface area contributed by atoms with Crippen molar-refractivity contribution in [1.29, 1.82) is 0 Å². The topological polar surface area (TPSA) is 140 Å². The summed E-state index contributed by atoms with van der Waals surface area (Å²) in [7, 11) is 0. The number of esters is 1. The van der Waals surface area contributed by atoms with Crippen molar-refractivity contribution in [3.63, 3.8) is 0 Å². The fourth-order valence-corrected chi connectivity index (χ4v) is 1.56. The van der Waals surface area contributed by atoms with Crippen LogP contribution in [0.3, 0.4) is 0 Å². The Morgan fingerprint density at radius 3 is 2.09 bits per heavy atom. The largest absolute Gasteiger partial charge is 0.454 e. The zero-order valence-electron chi connectivity index (χ0n) is 13.3. The number of primary amides is 1. The predicted molar refractivity (Wildman–Crippen MR) is 78.7 cm³/mol. The molecule has 5 N–H and O–H groups in total. The first-order valence-electron chi connectivity index (χ1n) is 6.94. The van der Waals surface area contributed by atoms with Crippen LogP contribution in [0.4, 0.5) is 9.59 Å². The summed E-state index contributed by atoms with van der Waals surface area (Å²) < 4.78 is 4.77. The fourth-order valence-electron chi connectivity index (χ4n) is 1.56. The van der Waals surface area contributed by atoms with Crippen LogP contribution in [0.1, 0.15) is 34.1 Å². The predicted octanol–water partition coefficient (Wildman–Crippen LogP) is -0.153. The van der Waals surface area contributed by atoms with Crippen LogP contribution in [-0.4, -0.2) is 42.6 Å². The lowest BCUT2D eigenvalue weighted by Crippen LogP contribution is -2.47. The molecule has 0 aromatic rings. The van der Waals surface area contributed by atoms with Gasteiger partial charge in [0.15, 0.2) is 6.61 Å². The summed E-state index contributed by atoms with van der Waals surface area (Å²) in [4.78, 5) is 45.4. The number of carbonyl (C=O) groups excluding carboxylic acids is 4. The molecule has 9 nitrogen and oxygen atoms in total. The van der Waals surface area contributed by atoms with E-state index in [1.165, 1.54) is 0 Å². The van der Waals surface area contributed by atoms with Crippen molar-refractivity contribution >= 4 is 23.9 Å². The van der Waals surface area contributed by atoms with Gasteiger partial charge in [0, 0.05) is 6.04 Å². The summed E-state index contributed by atoms with van der Waals surface area (Å²) in [5, 5.41) is 6.72. The summed E-state index contributed by atoms with van der Waals surface area (Å²) in [6.45, 7) is 6.55. The number of imide groups is 1. The summed E-state index contributed by atoms with van der Waals surface area (Å²) >= 11 is 0. The van der Waals surface area contributed by atoms with Crippen molar-refractivity contribution in [1.82, 2.24) is 16.0 Å². The van der Waals surface area contributed by atoms with Gasteiger partial charge in [-0.2, -0.15) is 0 Å². The van der Waals surface area contributed by atoms with Gasteiger partial charge >= 0.3 is 18.0 Å². The van der Waals surface area contributed by atoms with Crippen molar-refractivity contribution in [3.8, 4) is 0 Å². The molecule has 9 heteroatoms. The third-order valence-electron chi connectivity index (χ3n) is 2.33. The van der Waals surface area contributed by atoms with E-state index in [-0.39, 0.29) is 12.0 Å². The molecule has 0 rings (SSSR count). The Labute approximate surface area is 129 Å². The minimum Gasteiger partial charge on any atom is -0.454 e. The van der Waals surface area contributed by atoms with E-state index in [1.54, 1.807) is 13.8 Å². The van der Waals surface area contributed by atoms with Crippen LogP contribution < -0.4 is 21.7 Å². The highest BCUT2D eigenvalue weighted by molar-refractivity contribution is 5.95. The molecule has 0 bridgehead atoms. The molecule has 1 atom stereocenters. The molecule has 0 spiro atoms. The quantitative estimate of drug-likeness (QED) is 0.483. The Kier molecular flexibility index (Phi) is 8.58. The van der Waals surface area contributed by atoms with E-state index in [9.17, 15) is 19.2 Å². The molecule has 0 aliphatic rings. The molecule has 22 heavy (non-hydrogen) atoms. The second kappa shape index (κ2) is 9.59. The average Bonchev–Trinajstić information content (AvgIpc) is 2.32. The van der Waals surface area contributed by atoms with E-state index in [2.05, 4.69) is 10.6 Å². The molecule has 5 amide bonds. The Bertz CT molecular complexity index is 423. The molecule has 0 radical (unpaired) electrons. The minimum absolute atomic E-state index is 0.107. The lowest BCUT2D eigenvalue weighted by atomic mass is 10.0. The number of hydrogen-bond donors (Lipinski definition) is 4. The van der Waals surface area contributed by atoms with Crippen molar-refractivity contribution in [2.45, 2.75) is 46.2 Å². The van der Waals surface area contributed by atoms with Crippen molar-refractivity contribution in [3.05, 3.63) is 0 Å². The molecule has 0 aliphatic heterocycles. The second-order valence-electron chi connectivity index (χ2n) is 5.47. The number of hydrogen-bond acceptors (Lipinski definition) is 5. The van der Waals surface area contributed by atoms with E-state index >= 15 is 0 Å². The molecule has 0 saturated carbocycles. The van der Waals surface area contributed by atoms with Gasteiger partial charge in [0.25, 0.3) is 5.91 Å². The number of rotatable bonds is 7. The van der Waals surface area contributed by atoms with Gasteiger partial charge in [-0.3, -0.25) is 10.1 Å². The van der Waals surface area contributed by atoms with Gasteiger partial charge in [-0.05, 0) is 26.2 Å². The summed E-state index contributed by atoms with van der Waals surface area (Å²) in [5.74, 6) is -1.45. The Balaban J connectivity index is 4.34. The van der Waals surface area contributed by atoms with Crippen LogP contribution in [0, 0.1) is 5.92 Å². The maximum absolute atomic E-state index is 11.8. The van der Waals surface area contributed by atoms with Gasteiger partial charge in [-0.1, -0.05) is 13.8 Å². The Hall–Kier alpha value is -2.32. The van der Waals surface area contributed by atoms with E-state index < -0.39 is 36.6 Å². The van der Waals surface area contributed by atoms with Gasteiger partial charge in [0.1, 0.15) is 6.04 Å². The van der Waals surface area contributed by atoms with E-state index in [4.69, 9.17) is 10.5 Å². The smallest absolute Gasteiger partial charge is 0.329 e. The highest BCUT2D eigenvalue weighted by atomic mass is 16.5. The monoisotopic (exact) mass is 316 g/mol. The van der Waals surface area contributed by atoms with E-state index in [1.807, 2.05) is 19.2 Å². The van der Waals surface area contributed by atoms with Gasteiger partial charge < -0.3 is 21.1 Å². The summed E-state index contributed by atoms with van der Waals surface area (Å²) in [5.41, 5.74) is 4.99.